The quantitative estimate of drug-likeness (QED) is 0.756. The molecule has 0 aliphatic heterocycles. The number of aromatic amines is 1. The summed E-state index contributed by atoms with van der Waals surface area (Å²) < 4.78 is 2.08. The van der Waals surface area contributed by atoms with E-state index in [-0.39, 0.29) is 0 Å². The van der Waals surface area contributed by atoms with E-state index in [0.29, 0.717) is 12.0 Å². The molecule has 26 heavy (non-hydrogen) atoms. The minimum absolute atomic E-state index is 0.329. The Balaban J connectivity index is 1.70. The van der Waals surface area contributed by atoms with Crippen molar-refractivity contribution in [2.75, 3.05) is 0 Å². The maximum Gasteiger partial charge on any atom is 0.184 e. The number of benzene rings is 1. The Morgan fingerprint density at radius 3 is 2.69 bits per heavy atom. The Labute approximate surface area is 153 Å². The third-order valence-electron chi connectivity index (χ3n) is 5.32. The van der Waals surface area contributed by atoms with Gasteiger partial charge in [-0.05, 0) is 45.1 Å². The lowest BCUT2D eigenvalue weighted by atomic mass is 9.86. The molecule has 0 atom stereocenters. The molecule has 0 spiro atoms. The zero-order valence-corrected chi connectivity index (χ0v) is 15.4. The number of aryl methyl sites for hydroxylation is 2. The van der Waals surface area contributed by atoms with E-state index >= 15 is 0 Å². The van der Waals surface area contributed by atoms with Crippen LogP contribution in [-0.4, -0.2) is 31.0 Å². The standard InChI is InChI=1S/C20H26N6/c1-13-4-3-5-15(10-13)12-26-20(16-6-8-17(21)9-7-16)23-19(25-26)18-11-22-24-14(18)2/h3-5,10-11,16-17H,6-9,12,21H2,1-2H3,(H,22,24). The van der Waals surface area contributed by atoms with Crippen molar-refractivity contribution in [3.8, 4) is 11.4 Å². The predicted octanol–water partition coefficient (Wildman–Crippen LogP) is 3.32. The lowest BCUT2D eigenvalue weighted by Gasteiger charge is -2.25. The zero-order chi connectivity index (χ0) is 18.1. The van der Waals surface area contributed by atoms with Crippen molar-refractivity contribution in [1.29, 1.82) is 0 Å². The molecule has 1 aliphatic carbocycles. The predicted molar refractivity (Wildman–Crippen MR) is 102 cm³/mol. The summed E-state index contributed by atoms with van der Waals surface area (Å²) in [5.41, 5.74) is 10.6. The zero-order valence-electron chi connectivity index (χ0n) is 15.4. The third-order valence-corrected chi connectivity index (χ3v) is 5.32. The third kappa shape index (κ3) is 3.42. The van der Waals surface area contributed by atoms with Crippen molar-refractivity contribution < 1.29 is 0 Å². The average Bonchev–Trinajstić information content (AvgIpc) is 3.22. The minimum atomic E-state index is 0.329. The van der Waals surface area contributed by atoms with Gasteiger partial charge in [0.1, 0.15) is 5.82 Å². The summed E-state index contributed by atoms with van der Waals surface area (Å²) in [6.07, 6.45) is 6.08. The van der Waals surface area contributed by atoms with E-state index in [1.807, 2.05) is 13.1 Å². The number of aromatic nitrogens is 5. The van der Waals surface area contributed by atoms with Crippen LogP contribution in [0.4, 0.5) is 0 Å². The second-order valence-electron chi connectivity index (χ2n) is 7.46. The molecule has 2 heterocycles. The number of H-pyrrole nitrogens is 1. The summed E-state index contributed by atoms with van der Waals surface area (Å²) >= 11 is 0. The van der Waals surface area contributed by atoms with Gasteiger partial charge >= 0.3 is 0 Å². The van der Waals surface area contributed by atoms with Crippen molar-refractivity contribution in [2.45, 2.75) is 58.0 Å². The average molecular weight is 350 g/mol. The van der Waals surface area contributed by atoms with Gasteiger partial charge in [-0.2, -0.15) is 10.2 Å². The van der Waals surface area contributed by atoms with Crippen LogP contribution in [0.1, 0.15) is 54.2 Å². The highest BCUT2D eigenvalue weighted by Gasteiger charge is 2.26. The van der Waals surface area contributed by atoms with E-state index in [1.54, 1.807) is 0 Å². The van der Waals surface area contributed by atoms with Gasteiger partial charge in [0.25, 0.3) is 0 Å². The van der Waals surface area contributed by atoms with Crippen molar-refractivity contribution in [1.82, 2.24) is 25.0 Å². The molecule has 0 amide bonds. The summed E-state index contributed by atoms with van der Waals surface area (Å²) in [7, 11) is 0. The first-order valence-electron chi connectivity index (χ1n) is 9.36. The Bertz CT molecular complexity index is 885. The largest absolute Gasteiger partial charge is 0.328 e. The topological polar surface area (TPSA) is 85.4 Å². The molecule has 3 aromatic rings. The molecule has 136 valence electrons. The van der Waals surface area contributed by atoms with Crippen molar-refractivity contribution in [3.05, 3.63) is 53.1 Å². The van der Waals surface area contributed by atoms with Gasteiger partial charge in [0, 0.05) is 17.7 Å². The summed E-state index contributed by atoms with van der Waals surface area (Å²) in [6, 6.07) is 8.91. The highest BCUT2D eigenvalue weighted by atomic mass is 15.4. The summed E-state index contributed by atoms with van der Waals surface area (Å²) in [4.78, 5) is 4.93. The lowest BCUT2D eigenvalue weighted by Crippen LogP contribution is -2.27. The molecular weight excluding hydrogens is 324 g/mol. The van der Waals surface area contributed by atoms with E-state index < -0.39 is 0 Å². The van der Waals surface area contributed by atoms with E-state index in [2.05, 4.69) is 46.1 Å². The number of rotatable bonds is 4. The van der Waals surface area contributed by atoms with Gasteiger partial charge in [0.2, 0.25) is 0 Å². The minimum Gasteiger partial charge on any atom is -0.328 e. The molecule has 1 fully saturated rings. The van der Waals surface area contributed by atoms with Crippen LogP contribution in [0.3, 0.4) is 0 Å². The first kappa shape index (κ1) is 17.0. The molecule has 3 N–H and O–H groups in total. The van der Waals surface area contributed by atoms with Gasteiger partial charge in [0.05, 0.1) is 18.3 Å². The van der Waals surface area contributed by atoms with Gasteiger partial charge in [-0.3, -0.25) is 5.10 Å². The molecule has 6 heteroatoms. The molecule has 1 saturated carbocycles. The Kier molecular flexibility index (Phi) is 4.59. The summed E-state index contributed by atoms with van der Waals surface area (Å²) in [5.74, 6) is 2.26. The van der Waals surface area contributed by atoms with Gasteiger partial charge in [-0.15, -0.1) is 0 Å². The fourth-order valence-corrected chi connectivity index (χ4v) is 3.82. The van der Waals surface area contributed by atoms with E-state index in [0.717, 1.165) is 55.1 Å². The van der Waals surface area contributed by atoms with Crippen molar-refractivity contribution in [2.24, 2.45) is 5.73 Å². The molecule has 6 nitrogen and oxygen atoms in total. The molecule has 0 radical (unpaired) electrons. The van der Waals surface area contributed by atoms with Crippen LogP contribution in [0.5, 0.6) is 0 Å². The van der Waals surface area contributed by atoms with Gasteiger partial charge in [-0.1, -0.05) is 29.8 Å². The van der Waals surface area contributed by atoms with Gasteiger partial charge < -0.3 is 5.73 Å². The van der Waals surface area contributed by atoms with Crippen LogP contribution < -0.4 is 5.73 Å². The first-order valence-corrected chi connectivity index (χ1v) is 9.36. The fraction of sp³-hybridized carbons (Fsp3) is 0.450. The van der Waals surface area contributed by atoms with E-state index in [9.17, 15) is 0 Å². The highest BCUT2D eigenvalue weighted by Crippen LogP contribution is 2.33. The Hall–Kier alpha value is -2.47. The normalized spacial score (nSPS) is 20.4. The van der Waals surface area contributed by atoms with E-state index in [1.165, 1.54) is 11.1 Å². The second-order valence-corrected chi connectivity index (χ2v) is 7.46. The van der Waals surface area contributed by atoms with Crippen LogP contribution >= 0.6 is 0 Å². The Morgan fingerprint density at radius 1 is 1.19 bits per heavy atom. The van der Waals surface area contributed by atoms with Crippen LogP contribution in [0.2, 0.25) is 0 Å². The Morgan fingerprint density at radius 2 is 2.00 bits per heavy atom. The monoisotopic (exact) mass is 350 g/mol. The smallest absolute Gasteiger partial charge is 0.184 e. The fourth-order valence-electron chi connectivity index (χ4n) is 3.82. The van der Waals surface area contributed by atoms with Crippen molar-refractivity contribution in [3.63, 3.8) is 0 Å². The van der Waals surface area contributed by atoms with Crippen LogP contribution in [-0.2, 0) is 6.54 Å². The maximum atomic E-state index is 6.10. The van der Waals surface area contributed by atoms with Crippen molar-refractivity contribution >= 4 is 0 Å². The number of nitrogens with two attached hydrogens (primary N) is 1. The molecule has 4 rings (SSSR count). The lowest BCUT2D eigenvalue weighted by molar-refractivity contribution is 0.374. The SMILES string of the molecule is Cc1cccc(Cn2nc(-c3cn[nH]c3C)nc2C2CCC(N)CC2)c1. The summed E-state index contributed by atoms with van der Waals surface area (Å²) in [5, 5.41) is 12.0. The molecular formula is C20H26N6. The number of nitrogens with zero attached hydrogens (tertiary/aromatic N) is 4. The summed E-state index contributed by atoms with van der Waals surface area (Å²) in [6.45, 7) is 4.86. The maximum absolute atomic E-state index is 6.10. The van der Waals surface area contributed by atoms with Crippen LogP contribution in [0, 0.1) is 13.8 Å². The molecule has 0 bridgehead atoms. The van der Waals surface area contributed by atoms with Gasteiger partial charge in [0.15, 0.2) is 5.82 Å². The molecule has 2 aromatic heterocycles. The molecule has 0 unspecified atom stereocenters. The van der Waals surface area contributed by atoms with E-state index in [4.69, 9.17) is 15.8 Å². The van der Waals surface area contributed by atoms with Gasteiger partial charge in [-0.25, -0.2) is 9.67 Å². The van der Waals surface area contributed by atoms with Crippen LogP contribution in [0.15, 0.2) is 30.5 Å². The number of hydrogen-bond donors (Lipinski definition) is 2. The number of hydrogen-bond acceptors (Lipinski definition) is 4. The molecule has 0 saturated heterocycles. The molecule has 1 aromatic carbocycles. The molecule has 1 aliphatic rings. The first-order chi connectivity index (χ1) is 12.6. The van der Waals surface area contributed by atoms with Crippen LogP contribution in [0.25, 0.3) is 11.4 Å². The highest BCUT2D eigenvalue weighted by molar-refractivity contribution is 5.56. The number of nitrogens with one attached hydrogen (secondary N) is 1. The second kappa shape index (κ2) is 7.03.